The third-order valence-corrected chi connectivity index (χ3v) is 7.87. The molecule has 0 radical (unpaired) electrons. The van der Waals surface area contributed by atoms with Crippen LogP contribution in [0.4, 0.5) is 0 Å². The number of halogens is 1. The Morgan fingerprint density at radius 3 is 2.64 bits per heavy atom. The van der Waals surface area contributed by atoms with Crippen LogP contribution in [0.2, 0.25) is 0 Å². The Kier molecular flexibility index (Phi) is 4.39. The predicted octanol–water partition coefficient (Wildman–Crippen LogP) is 7.08. The molecule has 130 valence electrons. The van der Waals surface area contributed by atoms with E-state index in [4.69, 9.17) is 0 Å². The minimum absolute atomic E-state index is 0.555. The van der Waals surface area contributed by atoms with Gasteiger partial charge in [0, 0.05) is 15.4 Å². The number of rotatable bonds is 1. The molecule has 0 aromatic carbocycles. The molecule has 1 heteroatoms. The maximum Gasteiger partial charge on any atom is 0.00932 e. The predicted molar refractivity (Wildman–Crippen MR) is 114 cm³/mol. The average Bonchev–Trinajstić information content (AvgIpc) is 2.67. The zero-order valence-corrected chi connectivity index (χ0v) is 17.0. The second-order valence-electron chi connectivity index (χ2n) is 8.53. The SMILES string of the molecule is IC1=CC2C=CC(C3=CC=C4C(CCC5CCCCC45)C3)=CC2C=C1. The summed E-state index contributed by atoms with van der Waals surface area (Å²) in [7, 11) is 0. The van der Waals surface area contributed by atoms with E-state index < -0.39 is 0 Å². The van der Waals surface area contributed by atoms with Crippen LogP contribution >= 0.6 is 22.6 Å². The monoisotopic (exact) mass is 442 g/mol. The minimum Gasteiger partial charge on any atom is -0.0761 e. The number of fused-ring (bicyclic) bond motifs is 4. The molecule has 0 nitrogen and oxygen atoms in total. The van der Waals surface area contributed by atoms with Crippen molar-refractivity contribution >= 4 is 22.6 Å². The molecule has 25 heavy (non-hydrogen) atoms. The Bertz CT molecular complexity index is 742. The van der Waals surface area contributed by atoms with Gasteiger partial charge in [-0.15, -0.1) is 0 Å². The zero-order chi connectivity index (χ0) is 16.8. The van der Waals surface area contributed by atoms with Crippen LogP contribution in [-0.4, -0.2) is 0 Å². The Hall–Kier alpha value is -0.830. The molecular weight excluding hydrogens is 415 g/mol. The highest BCUT2D eigenvalue weighted by Gasteiger charge is 2.37. The quantitative estimate of drug-likeness (QED) is 0.381. The summed E-state index contributed by atoms with van der Waals surface area (Å²) in [5.41, 5.74) is 4.88. The lowest BCUT2D eigenvalue weighted by atomic mass is 9.62. The van der Waals surface area contributed by atoms with Crippen molar-refractivity contribution in [3.05, 3.63) is 68.9 Å². The third kappa shape index (κ3) is 3.07. The van der Waals surface area contributed by atoms with Gasteiger partial charge in [0.2, 0.25) is 0 Å². The van der Waals surface area contributed by atoms with Gasteiger partial charge in [-0.05, 0) is 83.6 Å². The minimum atomic E-state index is 0.555. The van der Waals surface area contributed by atoms with Crippen LogP contribution in [0.3, 0.4) is 0 Å². The topological polar surface area (TPSA) is 0 Å². The van der Waals surface area contributed by atoms with E-state index in [2.05, 4.69) is 71.2 Å². The molecule has 0 N–H and O–H groups in total. The lowest BCUT2D eigenvalue weighted by Crippen LogP contribution is -2.31. The zero-order valence-electron chi connectivity index (χ0n) is 14.8. The van der Waals surface area contributed by atoms with Gasteiger partial charge in [0.05, 0.1) is 0 Å². The van der Waals surface area contributed by atoms with Gasteiger partial charge in [-0.2, -0.15) is 0 Å². The van der Waals surface area contributed by atoms with Crippen molar-refractivity contribution in [2.75, 3.05) is 0 Å². The van der Waals surface area contributed by atoms with Gasteiger partial charge in [-0.25, -0.2) is 0 Å². The number of allylic oxidation sites excluding steroid dienone is 12. The molecule has 0 spiro atoms. The summed E-state index contributed by atoms with van der Waals surface area (Å²) in [4.78, 5) is 0. The van der Waals surface area contributed by atoms with E-state index in [0.29, 0.717) is 11.8 Å². The maximum atomic E-state index is 2.53. The first-order chi connectivity index (χ1) is 12.3. The van der Waals surface area contributed by atoms with Crippen molar-refractivity contribution in [3.63, 3.8) is 0 Å². The van der Waals surface area contributed by atoms with Gasteiger partial charge < -0.3 is 0 Å². The van der Waals surface area contributed by atoms with Crippen LogP contribution in [0.1, 0.15) is 44.9 Å². The first-order valence-corrected chi connectivity index (χ1v) is 11.2. The van der Waals surface area contributed by atoms with Crippen molar-refractivity contribution < 1.29 is 0 Å². The van der Waals surface area contributed by atoms with Crippen LogP contribution in [-0.2, 0) is 0 Å². The molecule has 5 aliphatic carbocycles. The summed E-state index contributed by atoms with van der Waals surface area (Å²) in [6, 6.07) is 0. The Balaban J connectivity index is 1.40. The molecule has 5 rings (SSSR count). The van der Waals surface area contributed by atoms with E-state index in [-0.39, 0.29) is 0 Å². The highest BCUT2D eigenvalue weighted by Crippen LogP contribution is 2.50. The first-order valence-electron chi connectivity index (χ1n) is 10.1. The fourth-order valence-corrected chi connectivity index (χ4v) is 6.45. The highest BCUT2D eigenvalue weighted by atomic mass is 127. The molecule has 5 aliphatic rings. The van der Waals surface area contributed by atoms with Gasteiger partial charge in [0.15, 0.2) is 0 Å². The van der Waals surface area contributed by atoms with Crippen LogP contribution in [0.25, 0.3) is 0 Å². The normalized spacial score (nSPS) is 39.3. The van der Waals surface area contributed by atoms with E-state index in [1.54, 1.807) is 5.57 Å². The summed E-state index contributed by atoms with van der Waals surface area (Å²) in [5, 5.41) is 0. The van der Waals surface area contributed by atoms with Gasteiger partial charge in [0.25, 0.3) is 0 Å². The highest BCUT2D eigenvalue weighted by molar-refractivity contribution is 14.1. The van der Waals surface area contributed by atoms with Crippen molar-refractivity contribution in [1.29, 1.82) is 0 Å². The van der Waals surface area contributed by atoms with Crippen molar-refractivity contribution in [1.82, 2.24) is 0 Å². The van der Waals surface area contributed by atoms with Gasteiger partial charge in [-0.1, -0.05) is 67.0 Å². The Morgan fingerprint density at radius 2 is 1.68 bits per heavy atom. The molecule has 0 saturated heterocycles. The fraction of sp³-hybridized carbons (Fsp3) is 0.500. The standard InChI is InChI=1S/C24H27I/c25-22-11-9-18-13-17(6-7-20(18)15-22)19-10-12-24-21(14-19)8-5-16-3-1-2-4-23(16)24/h6-7,9-13,15-16,18,20-21,23H,1-5,8,14H2. The molecule has 0 bridgehead atoms. The van der Waals surface area contributed by atoms with Crippen LogP contribution in [0.15, 0.2) is 68.9 Å². The summed E-state index contributed by atoms with van der Waals surface area (Å²) in [5.74, 6) is 3.86. The lowest BCUT2D eigenvalue weighted by Gasteiger charge is -2.43. The summed E-state index contributed by atoms with van der Waals surface area (Å²) < 4.78 is 1.37. The molecular formula is C24H27I. The molecule has 0 aliphatic heterocycles. The molecule has 5 unspecified atom stereocenters. The Morgan fingerprint density at radius 1 is 0.840 bits per heavy atom. The third-order valence-electron chi connectivity index (χ3n) is 7.15. The molecule has 0 amide bonds. The maximum absolute atomic E-state index is 2.53. The number of hydrogen-bond acceptors (Lipinski definition) is 0. The van der Waals surface area contributed by atoms with Gasteiger partial charge >= 0.3 is 0 Å². The van der Waals surface area contributed by atoms with Crippen LogP contribution in [0.5, 0.6) is 0 Å². The van der Waals surface area contributed by atoms with Gasteiger partial charge in [0.1, 0.15) is 0 Å². The average molecular weight is 442 g/mol. The van der Waals surface area contributed by atoms with Crippen molar-refractivity contribution in [3.8, 4) is 0 Å². The van der Waals surface area contributed by atoms with Crippen molar-refractivity contribution in [2.24, 2.45) is 29.6 Å². The summed E-state index contributed by atoms with van der Waals surface area (Å²) >= 11 is 2.43. The molecule has 0 aromatic heterocycles. The second kappa shape index (κ2) is 6.72. The lowest BCUT2D eigenvalue weighted by molar-refractivity contribution is 0.191. The summed E-state index contributed by atoms with van der Waals surface area (Å²) in [6.07, 6.45) is 29.4. The first kappa shape index (κ1) is 16.4. The van der Waals surface area contributed by atoms with Crippen molar-refractivity contribution in [2.45, 2.75) is 44.9 Å². The summed E-state index contributed by atoms with van der Waals surface area (Å²) in [6.45, 7) is 0. The van der Waals surface area contributed by atoms with E-state index in [9.17, 15) is 0 Å². The Labute approximate surface area is 165 Å². The van der Waals surface area contributed by atoms with Gasteiger partial charge in [-0.3, -0.25) is 0 Å². The molecule has 0 heterocycles. The van der Waals surface area contributed by atoms with E-state index in [1.165, 1.54) is 54.1 Å². The smallest absolute Gasteiger partial charge is 0.00932 e. The molecule has 0 aromatic rings. The molecule has 2 saturated carbocycles. The molecule has 5 atom stereocenters. The van der Waals surface area contributed by atoms with E-state index >= 15 is 0 Å². The second-order valence-corrected chi connectivity index (χ2v) is 9.78. The molecule has 2 fully saturated rings. The number of hydrogen-bond donors (Lipinski definition) is 0. The van der Waals surface area contributed by atoms with E-state index in [0.717, 1.165) is 17.8 Å². The van der Waals surface area contributed by atoms with E-state index in [1.807, 2.05) is 5.57 Å². The fourth-order valence-electron chi connectivity index (χ4n) is 5.82. The van der Waals surface area contributed by atoms with Crippen LogP contribution < -0.4 is 0 Å². The van der Waals surface area contributed by atoms with Crippen LogP contribution in [0, 0.1) is 29.6 Å². The largest absolute Gasteiger partial charge is 0.0761 e.